The lowest BCUT2D eigenvalue weighted by molar-refractivity contribution is -0.00163. The van der Waals surface area contributed by atoms with E-state index in [0.717, 1.165) is 23.1 Å². The van der Waals surface area contributed by atoms with Crippen LogP contribution in [0.3, 0.4) is 0 Å². The van der Waals surface area contributed by atoms with E-state index in [-0.39, 0.29) is 12.2 Å². The van der Waals surface area contributed by atoms with Crippen molar-refractivity contribution in [3.8, 4) is 11.1 Å². The van der Waals surface area contributed by atoms with Crippen molar-refractivity contribution in [3.05, 3.63) is 53.9 Å². The molecule has 0 aliphatic carbocycles. The molecule has 1 atom stereocenters. The van der Waals surface area contributed by atoms with Crippen molar-refractivity contribution in [3.63, 3.8) is 0 Å². The predicted octanol–water partition coefficient (Wildman–Crippen LogP) is 4.23. The van der Waals surface area contributed by atoms with Gasteiger partial charge in [-0.3, -0.25) is 4.98 Å². The van der Waals surface area contributed by atoms with E-state index in [1.165, 1.54) is 5.56 Å². The number of amides is 1. The lowest BCUT2D eigenvalue weighted by Gasteiger charge is -2.31. The van der Waals surface area contributed by atoms with Crippen LogP contribution in [0.5, 0.6) is 0 Å². The molecule has 3 rings (SSSR count). The second-order valence-corrected chi connectivity index (χ2v) is 7.63. The largest absolute Gasteiger partial charge is 0.444 e. The number of hydrogen-bond acceptors (Lipinski definition) is 4. The number of rotatable bonds is 3. The number of ether oxygens (including phenoxy) is 2. The molecule has 2 aromatic rings. The van der Waals surface area contributed by atoms with Crippen LogP contribution in [-0.4, -0.2) is 41.8 Å². The summed E-state index contributed by atoms with van der Waals surface area (Å²) in [5, 5.41) is 0. The third-order valence-corrected chi connectivity index (χ3v) is 4.32. The molecule has 0 fully saturated rings. The second-order valence-electron chi connectivity index (χ2n) is 7.63. The Labute approximate surface area is 155 Å². The maximum absolute atomic E-state index is 12.2. The number of nitrogens with zero attached hydrogens (tertiary/aromatic N) is 2. The Morgan fingerprint density at radius 3 is 2.81 bits per heavy atom. The Hall–Kier alpha value is -2.40. The molecule has 1 aliphatic heterocycles. The summed E-state index contributed by atoms with van der Waals surface area (Å²) in [4.78, 5) is 18.0. The summed E-state index contributed by atoms with van der Waals surface area (Å²) in [5.74, 6) is 0. The minimum atomic E-state index is -0.505. The SMILES string of the molecule is CN(C[C@@H]1OCCc2cc(-c3cccnc3)ccc21)C(=O)OC(C)(C)C. The normalized spacial score (nSPS) is 16.7. The monoisotopic (exact) mass is 354 g/mol. The van der Waals surface area contributed by atoms with Gasteiger partial charge >= 0.3 is 6.09 Å². The number of fused-ring (bicyclic) bond motifs is 1. The van der Waals surface area contributed by atoms with Crippen LogP contribution in [0.2, 0.25) is 0 Å². The Kier molecular flexibility index (Phi) is 5.28. The molecule has 0 bridgehead atoms. The van der Waals surface area contributed by atoms with Gasteiger partial charge in [-0.05, 0) is 55.5 Å². The molecule has 0 saturated heterocycles. The summed E-state index contributed by atoms with van der Waals surface area (Å²) in [7, 11) is 1.75. The number of carbonyl (C=O) groups is 1. The number of aromatic nitrogens is 1. The molecule has 0 saturated carbocycles. The molecule has 1 amide bonds. The number of pyridine rings is 1. The summed E-state index contributed by atoms with van der Waals surface area (Å²) in [5.41, 5.74) is 4.15. The third-order valence-electron chi connectivity index (χ3n) is 4.32. The van der Waals surface area contributed by atoms with Crippen molar-refractivity contribution in [2.75, 3.05) is 20.2 Å². The van der Waals surface area contributed by atoms with Gasteiger partial charge in [0.25, 0.3) is 0 Å². The fourth-order valence-corrected chi connectivity index (χ4v) is 3.06. The van der Waals surface area contributed by atoms with Gasteiger partial charge in [0.1, 0.15) is 11.7 Å². The summed E-state index contributed by atoms with van der Waals surface area (Å²) in [6, 6.07) is 10.4. The van der Waals surface area contributed by atoms with E-state index >= 15 is 0 Å². The molecule has 0 unspecified atom stereocenters. The summed E-state index contributed by atoms with van der Waals surface area (Å²) in [6.07, 6.45) is 4.04. The minimum Gasteiger partial charge on any atom is -0.444 e. The van der Waals surface area contributed by atoms with Gasteiger partial charge in [0.05, 0.1) is 13.2 Å². The quantitative estimate of drug-likeness (QED) is 0.828. The van der Waals surface area contributed by atoms with Crippen LogP contribution in [0.1, 0.15) is 38.0 Å². The van der Waals surface area contributed by atoms with Crippen LogP contribution in [0.15, 0.2) is 42.7 Å². The van der Waals surface area contributed by atoms with Gasteiger partial charge in [0.2, 0.25) is 0 Å². The first-order chi connectivity index (χ1) is 12.3. The number of hydrogen-bond donors (Lipinski definition) is 0. The zero-order chi connectivity index (χ0) is 18.7. The summed E-state index contributed by atoms with van der Waals surface area (Å²) < 4.78 is 11.4. The van der Waals surface area contributed by atoms with Gasteiger partial charge < -0.3 is 14.4 Å². The number of carbonyl (C=O) groups excluding carboxylic acids is 1. The van der Waals surface area contributed by atoms with Crippen molar-refractivity contribution in [2.24, 2.45) is 0 Å². The first-order valence-corrected chi connectivity index (χ1v) is 8.92. The molecule has 1 aromatic heterocycles. The molecule has 2 heterocycles. The maximum atomic E-state index is 12.2. The first kappa shape index (κ1) is 18.4. The molecule has 0 spiro atoms. The van der Waals surface area contributed by atoms with Gasteiger partial charge in [0.15, 0.2) is 0 Å². The minimum absolute atomic E-state index is 0.140. The van der Waals surface area contributed by atoms with Crippen LogP contribution in [0, 0.1) is 0 Å². The van der Waals surface area contributed by atoms with Gasteiger partial charge in [-0.2, -0.15) is 0 Å². The van der Waals surface area contributed by atoms with E-state index in [1.807, 2.05) is 33.0 Å². The standard InChI is InChI=1S/C21H26N2O3/c1-21(2,3)26-20(24)23(4)14-19-18-8-7-15(12-16(18)9-11-25-19)17-6-5-10-22-13-17/h5-8,10,12-13,19H,9,11,14H2,1-4H3/t19-/m0/s1. The number of likely N-dealkylation sites (N-methyl/N-ethyl adjacent to an activating group) is 1. The van der Waals surface area contributed by atoms with Crippen molar-refractivity contribution in [1.82, 2.24) is 9.88 Å². The van der Waals surface area contributed by atoms with E-state index in [1.54, 1.807) is 18.1 Å². The average Bonchev–Trinajstić information content (AvgIpc) is 2.61. The zero-order valence-corrected chi connectivity index (χ0v) is 15.9. The Bertz CT molecular complexity index is 769. The van der Waals surface area contributed by atoms with Crippen LogP contribution in [-0.2, 0) is 15.9 Å². The van der Waals surface area contributed by atoms with Crippen LogP contribution in [0.25, 0.3) is 11.1 Å². The molecule has 5 nitrogen and oxygen atoms in total. The van der Waals surface area contributed by atoms with Gasteiger partial charge in [-0.1, -0.05) is 24.3 Å². The van der Waals surface area contributed by atoms with Crippen LogP contribution < -0.4 is 0 Å². The highest BCUT2D eigenvalue weighted by Gasteiger charge is 2.26. The smallest absolute Gasteiger partial charge is 0.410 e. The summed E-state index contributed by atoms with van der Waals surface area (Å²) >= 11 is 0. The molecular weight excluding hydrogens is 328 g/mol. The van der Waals surface area contributed by atoms with Gasteiger partial charge in [0, 0.05) is 19.4 Å². The molecule has 0 radical (unpaired) electrons. The first-order valence-electron chi connectivity index (χ1n) is 8.92. The van der Waals surface area contributed by atoms with E-state index < -0.39 is 5.60 Å². The average molecular weight is 354 g/mol. The van der Waals surface area contributed by atoms with Gasteiger partial charge in [-0.15, -0.1) is 0 Å². The lowest BCUT2D eigenvalue weighted by Crippen LogP contribution is -2.37. The zero-order valence-electron chi connectivity index (χ0n) is 15.9. The van der Waals surface area contributed by atoms with E-state index in [0.29, 0.717) is 13.2 Å². The van der Waals surface area contributed by atoms with Crippen LogP contribution in [0.4, 0.5) is 4.79 Å². The topological polar surface area (TPSA) is 51.7 Å². The second kappa shape index (κ2) is 7.46. The molecule has 1 aliphatic rings. The Morgan fingerprint density at radius 2 is 2.12 bits per heavy atom. The highest BCUT2D eigenvalue weighted by molar-refractivity contribution is 5.68. The Balaban J connectivity index is 1.76. The molecule has 1 aromatic carbocycles. The number of benzene rings is 1. The lowest BCUT2D eigenvalue weighted by atomic mass is 9.93. The van der Waals surface area contributed by atoms with Crippen molar-refractivity contribution < 1.29 is 14.3 Å². The van der Waals surface area contributed by atoms with E-state index in [9.17, 15) is 4.79 Å². The van der Waals surface area contributed by atoms with E-state index in [2.05, 4.69) is 29.2 Å². The highest BCUT2D eigenvalue weighted by atomic mass is 16.6. The molecule has 5 heteroatoms. The molecular formula is C21H26N2O3. The Morgan fingerprint density at radius 1 is 1.31 bits per heavy atom. The fourth-order valence-electron chi connectivity index (χ4n) is 3.06. The fraction of sp³-hybridized carbons (Fsp3) is 0.429. The van der Waals surface area contributed by atoms with Crippen LogP contribution >= 0.6 is 0 Å². The molecule has 26 heavy (non-hydrogen) atoms. The summed E-state index contributed by atoms with van der Waals surface area (Å²) in [6.45, 7) is 6.71. The molecule has 0 N–H and O–H groups in total. The van der Waals surface area contributed by atoms with Crippen molar-refractivity contribution in [1.29, 1.82) is 0 Å². The highest BCUT2D eigenvalue weighted by Crippen LogP contribution is 2.31. The predicted molar refractivity (Wildman–Crippen MR) is 101 cm³/mol. The third kappa shape index (κ3) is 4.41. The van der Waals surface area contributed by atoms with Crippen molar-refractivity contribution >= 4 is 6.09 Å². The molecule has 138 valence electrons. The van der Waals surface area contributed by atoms with E-state index in [4.69, 9.17) is 9.47 Å². The maximum Gasteiger partial charge on any atom is 0.410 e. The van der Waals surface area contributed by atoms with Gasteiger partial charge in [-0.25, -0.2) is 4.79 Å². The van der Waals surface area contributed by atoms with Crippen molar-refractivity contribution in [2.45, 2.75) is 38.9 Å².